The average Bonchev–Trinajstić information content (AvgIpc) is 3.18. The number of phenolic OH excluding ortho intramolecular Hbond substituents is 1. The van der Waals surface area contributed by atoms with Crippen LogP contribution in [0.25, 0.3) is 6.08 Å². The number of aryl methyl sites for hydroxylation is 1. The zero-order chi connectivity index (χ0) is 24.5. The molecular weight excluding hydrogens is 447 g/mol. The summed E-state index contributed by atoms with van der Waals surface area (Å²) in [6.45, 7) is 4.94. The molecule has 3 aromatic rings. The van der Waals surface area contributed by atoms with Gasteiger partial charge >= 0.3 is 0 Å². The number of para-hydroxylation sites is 1. The Morgan fingerprint density at radius 1 is 1.09 bits per heavy atom. The van der Waals surface area contributed by atoms with E-state index in [2.05, 4.69) is 4.90 Å². The largest absolute Gasteiger partial charge is 0.507 e. The number of anilines is 1. The number of carbonyl (C=O) groups excluding carboxylic acids is 1. The molecule has 3 aromatic carbocycles. The third-order valence-corrected chi connectivity index (χ3v) is 6.56. The number of benzene rings is 3. The number of piperazine rings is 1. The minimum atomic E-state index is -0.225. The van der Waals surface area contributed by atoms with Crippen molar-refractivity contribution in [3.8, 4) is 17.2 Å². The highest BCUT2D eigenvalue weighted by Crippen LogP contribution is 2.42. The maximum Gasteiger partial charge on any atom is 0.232 e. The Morgan fingerprint density at radius 3 is 2.60 bits per heavy atom. The Morgan fingerprint density at radius 2 is 1.86 bits per heavy atom. The summed E-state index contributed by atoms with van der Waals surface area (Å²) in [6, 6.07) is 15.8. The van der Waals surface area contributed by atoms with Crippen molar-refractivity contribution in [2.45, 2.75) is 13.5 Å². The molecule has 0 saturated carbocycles. The van der Waals surface area contributed by atoms with E-state index < -0.39 is 0 Å². The van der Waals surface area contributed by atoms with Crippen LogP contribution in [0.15, 0.2) is 60.4 Å². The van der Waals surface area contributed by atoms with Crippen molar-refractivity contribution in [3.63, 3.8) is 0 Å². The second-order valence-corrected chi connectivity index (χ2v) is 8.83. The maximum atomic E-state index is 14.2. The fourth-order valence-corrected chi connectivity index (χ4v) is 4.69. The molecule has 0 amide bonds. The highest BCUT2D eigenvalue weighted by molar-refractivity contribution is 6.15. The van der Waals surface area contributed by atoms with Crippen molar-refractivity contribution < 1.29 is 23.8 Å². The summed E-state index contributed by atoms with van der Waals surface area (Å²) in [5.74, 6) is 0.994. The summed E-state index contributed by atoms with van der Waals surface area (Å²) in [4.78, 5) is 17.4. The number of fused-ring (bicyclic) bond motifs is 1. The fourth-order valence-electron chi connectivity index (χ4n) is 4.69. The van der Waals surface area contributed by atoms with Crippen LogP contribution < -0.4 is 14.4 Å². The first-order chi connectivity index (χ1) is 16.9. The molecule has 7 heteroatoms. The molecule has 0 unspecified atom stereocenters. The molecule has 2 aliphatic heterocycles. The van der Waals surface area contributed by atoms with Crippen LogP contribution in [0.1, 0.15) is 27.0 Å². The van der Waals surface area contributed by atoms with Crippen molar-refractivity contribution in [3.05, 3.63) is 88.4 Å². The van der Waals surface area contributed by atoms with Gasteiger partial charge in [0.05, 0.1) is 23.9 Å². The molecular formula is C28H27FN2O4. The Kier molecular flexibility index (Phi) is 6.17. The monoisotopic (exact) mass is 474 g/mol. The van der Waals surface area contributed by atoms with Gasteiger partial charge in [-0.25, -0.2) is 4.39 Å². The Bertz CT molecular complexity index is 1310. The molecule has 5 rings (SSSR count). The minimum absolute atomic E-state index is 0.105. The van der Waals surface area contributed by atoms with E-state index in [-0.39, 0.29) is 23.1 Å². The molecule has 0 radical (unpaired) electrons. The van der Waals surface area contributed by atoms with E-state index in [0.29, 0.717) is 66.6 Å². The first-order valence-electron chi connectivity index (χ1n) is 11.6. The number of rotatable bonds is 5. The number of allylic oxidation sites excluding steroid dienone is 1. The molecule has 0 bridgehead atoms. The van der Waals surface area contributed by atoms with Crippen LogP contribution in [-0.2, 0) is 6.54 Å². The third kappa shape index (κ3) is 4.47. The number of halogens is 1. The van der Waals surface area contributed by atoms with Gasteiger partial charge in [-0.2, -0.15) is 0 Å². The van der Waals surface area contributed by atoms with E-state index >= 15 is 0 Å². The van der Waals surface area contributed by atoms with E-state index in [0.717, 1.165) is 5.56 Å². The normalized spacial score (nSPS) is 16.9. The minimum Gasteiger partial charge on any atom is -0.507 e. The summed E-state index contributed by atoms with van der Waals surface area (Å²) < 4.78 is 25.5. The Hall–Kier alpha value is -3.84. The molecule has 2 heterocycles. The number of phenols is 1. The van der Waals surface area contributed by atoms with Gasteiger partial charge < -0.3 is 19.5 Å². The number of Topliss-reactive ketones (excluding diaryl/α,β-unsaturated/α-hetero) is 1. The standard InChI is InChI=1S/C28H27FN2O4/c1-18-14-24(32)21(17-30-10-12-31(13-11-30)23-9-4-3-8-22(23)29)28-26(18)27(33)25(35-28)16-19-6-5-7-20(15-19)34-2/h3-9,14-16,32H,10-13,17H2,1-2H3/b25-16-. The van der Waals surface area contributed by atoms with Crippen LogP contribution in [-0.4, -0.2) is 49.1 Å². The zero-order valence-electron chi connectivity index (χ0n) is 19.8. The lowest BCUT2D eigenvalue weighted by molar-refractivity contribution is 0.101. The summed E-state index contributed by atoms with van der Waals surface area (Å²) in [5, 5.41) is 10.8. The number of ketones is 1. The fraction of sp³-hybridized carbons (Fsp3) is 0.250. The summed E-state index contributed by atoms with van der Waals surface area (Å²) >= 11 is 0. The van der Waals surface area contributed by atoms with Gasteiger partial charge in [0.25, 0.3) is 0 Å². The van der Waals surface area contributed by atoms with Crippen LogP contribution >= 0.6 is 0 Å². The number of ether oxygens (including phenoxy) is 2. The number of hydrogen-bond acceptors (Lipinski definition) is 6. The first-order valence-corrected chi connectivity index (χ1v) is 11.6. The summed E-state index contributed by atoms with van der Waals surface area (Å²) in [6.07, 6.45) is 1.69. The van der Waals surface area contributed by atoms with Crippen LogP contribution in [0.2, 0.25) is 0 Å². The van der Waals surface area contributed by atoms with E-state index in [9.17, 15) is 14.3 Å². The number of methoxy groups -OCH3 is 1. The molecule has 1 N–H and O–H groups in total. The maximum absolute atomic E-state index is 14.2. The lowest BCUT2D eigenvalue weighted by atomic mass is 9.99. The lowest BCUT2D eigenvalue weighted by Gasteiger charge is -2.36. The SMILES string of the molecule is COc1cccc(/C=C2\Oc3c(CN4CCN(c5ccccc5F)CC4)c(O)cc(C)c3C2=O)c1. The topological polar surface area (TPSA) is 62.2 Å². The smallest absolute Gasteiger partial charge is 0.232 e. The van der Waals surface area contributed by atoms with Gasteiger partial charge in [-0.15, -0.1) is 0 Å². The van der Waals surface area contributed by atoms with Crippen molar-refractivity contribution >= 4 is 17.5 Å². The number of aromatic hydroxyl groups is 1. The van der Waals surface area contributed by atoms with Crippen LogP contribution in [0.5, 0.6) is 17.2 Å². The first kappa shape index (κ1) is 22.9. The molecule has 2 aliphatic rings. The highest BCUT2D eigenvalue weighted by Gasteiger charge is 2.34. The van der Waals surface area contributed by atoms with Gasteiger partial charge in [-0.1, -0.05) is 24.3 Å². The van der Waals surface area contributed by atoms with E-state index in [1.807, 2.05) is 35.2 Å². The van der Waals surface area contributed by atoms with Crippen molar-refractivity contribution in [1.82, 2.24) is 4.90 Å². The molecule has 35 heavy (non-hydrogen) atoms. The predicted octanol–water partition coefficient (Wildman–Crippen LogP) is 4.79. The van der Waals surface area contributed by atoms with Gasteiger partial charge in [-0.05, 0) is 54.5 Å². The number of carbonyl (C=O) groups is 1. The second kappa shape index (κ2) is 9.43. The van der Waals surface area contributed by atoms with Crippen molar-refractivity contribution in [2.24, 2.45) is 0 Å². The van der Waals surface area contributed by atoms with Crippen LogP contribution in [0, 0.1) is 12.7 Å². The highest BCUT2D eigenvalue weighted by atomic mass is 19.1. The van der Waals surface area contributed by atoms with Gasteiger partial charge in [-0.3, -0.25) is 9.69 Å². The van der Waals surface area contributed by atoms with Crippen molar-refractivity contribution in [1.29, 1.82) is 0 Å². The predicted molar refractivity (Wildman–Crippen MR) is 133 cm³/mol. The molecule has 0 aliphatic carbocycles. The van der Waals surface area contributed by atoms with Crippen LogP contribution in [0.3, 0.4) is 0 Å². The Balaban J connectivity index is 1.37. The van der Waals surface area contributed by atoms with E-state index in [4.69, 9.17) is 9.47 Å². The summed E-state index contributed by atoms with van der Waals surface area (Å²) in [5.41, 5.74) is 3.13. The van der Waals surface area contributed by atoms with Gasteiger partial charge in [0.1, 0.15) is 23.1 Å². The van der Waals surface area contributed by atoms with Gasteiger partial charge in [0.15, 0.2) is 5.76 Å². The molecule has 180 valence electrons. The molecule has 1 fully saturated rings. The molecule has 1 saturated heterocycles. The molecule has 0 spiro atoms. The Labute approximate surface area is 203 Å². The number of hydrogen-bond donors (Lipinski definition) is 1. The second-order valence-electron chi connectivity index (χ2n) is 8.83. The van der Waals surface area contributed by atoms with E-state index in [1.54, 1.807) is 38.3 Å². The average molecular weight is 475 g/mol. The zero-order valence-corrected chi connectivity index (χ0v) is 19.8. The molecule has 0 aromatic heterocycles. The van der Waals surface area contributed by atoms with Gasteiger partial charge in [0, 0.05) is 32.7 Å². The quantitative estimate of drug-likeness (QED) is 0.537. The molecule has 0 atom stereocenters. The van der Waals surface area contributed by atoms with Crippen LogP contribution in [0.4, 0.5) is 10.1 Å². The van der Waals surface area contributed by atoms with E-state index in [1.165, 1.54) is 6.07 Å². The molecule has 6 nitrogen and oxygen atoms in total. The van der Waals surface area contributed by atoms with Crippen molar-refractivity contribution in [2.75, 3.05) is 38.2 Å². The van der Waals surface area contributed by atoms with Gasteiger partial charge in [0.2, 0.25) is 5.78 Å². The lowest BCUT2D eigenvalue weighted by Crippen LogP contribution is -2.46. The summed E-state index contributed by atoms with van der Waals surface area (Å²) in [7, 11) is 1.59. The third-order valence-electron chi connectivity index (χ3n) is 6.56. The number of nitrogens with zero attached hydrogens (tertiary/aromatic N) is 2.